The molecule has 0 fully saturated rings. The fourth-order valence-electron chi connectivity index (χ4n) is 1.29. The Morgan fingerprint density at radius 1 is 1.59 bits per heavy atom. The van der Waals surface area contributed by atoms with Crippen LogP contribution in [0.15, 0.2) is 15.5 Å². The molecule has 0 aliphatic heterocycles. The number of H-pyrrole nitrogens is 1. The van der Waals surface area contributed by atoms with Gasteiger partial charge < -0.3 is 9.72 Å². The summed E-state index contributed by atoms with van der Waals surface area (Å²) in [5, 5.41) is 0. The van der Waals surface area contributed by atoms with E-state index in [0.29, 0.717) is 0 Å². The number of halogens is 3. The summed E-state index contributed by atoms with van der Waals surface area (Å²) in [6.45, 7) is 1.77. The predicted octanol–water partition coefficient (Wildman–Crippen LogP) is 2.18. The van der Waals surface area contributed by atoms with Gasteiger partial charge in [-0.3, -0.25) is 9.59 Å². The molecule has 0 unspecified atom stereocenters. The maximum absolute atomic E-state index is 12.7. The summed E-state index contributed by atoms with van der Waals surface area (Å²) < 4.78 is 30.0. The van der Waals surface area contributed by atoms with E-state index in [9.17, 15) is 18.4 Å². The van der Waals surface area contributed by atoms with Gasteiger partial charge in [0.05, 0.1) is 17.5 Å². The van der Waals surface area contributed by atoms with Gasteiger partial charge >= 0.3 is 5.97 Å². The standard InChI is InChI=1S/C10H10BrF2NO3/c1-2-17-7(15)3-5-6(9(12)13)4-14-10(16)8(5)11/h4,9H,2-3H2,1H3,(H,14,16). The summed E-state index contributed by atoms with van der Waals surface area (Å²) in [6.07, 6.45) is -2.22. The first-order chi connectivity index (χ1) is 7.97. The molecule has 1 rings (SSSR count). The molecular weight excluding hydrogens is 300 g/mol. The van der Waals surface area contributed by atoms with Crippen molar-refractivity contribution in [3.63, 3.8) is 0 Å². The third kappa shape index (κ3) is 3.36. The van der Waals surface area contributed by atoms with Crippen molar-refractivity contribution in [3.05, 3.63) is 32.2 Å². The topological polar surface area (TPSA) is 59.2 Å². The van der Waals surface area contributed by atoms with Crippen LogP contribution in [0.25, 0.3) is 0 Å². The molecular formula is C10H10BrF2NO3. The molecule has 4 nitrogen and oxygen atoms in total. The number of nitrogens with one attached hydrogen (secondary N) is 1. The quantitative estimate of drug-likeness (QED) is 0.867. The Balaban J connectivity index is 3.15. The Morgan fingerprint density at radius 2 is 2.24 bits per heavy atom. The van der Waals surface area contributed by atoms with E-state index < -0.39 is 18.0 Å². The van der Waals surface area contributed by atoms with Crippen molar-refractivity contribution in [2.75, 3.05) is 6.61 Å². The van der Waals surface area contributed by atoms with Crippen LogP contribution in [0.1, 0.15) is 24.5 Å². The van der Waals surface area contributed by atoms with Gasteiger partial charge in [-0.1, -0.05) is 0 Å². The van der Waals surface area contributed by atoms with Gasteiger partial charge in [-0.05, 0) is 28.4 Å². The molecule has 0 aliphatic carbocycles. The van der Waals surface area contributed by atoms with E-state index in [2.05, 4.69) is 25.7 Å². The van der Waals surface area contributed by atoms with Crippen LogP contribution >= 0.6 is 15.9 Å². The molecule has 7 heteroatoms. The molecule has 0 amide bonds. The van der Waals surface area contributed by atoms with E-state index in [1.807, 2.05) is 0 Å². The van der Waals surface area contributed by atoms with Crippen LogP contribution in [0.4, 0.5) is 8.78 Å². The first-order valence-corrected chi connectivity index (χ1v) is 5.60. The Labute approximate surface area is 104 Å². The maximum atomic E-state index is 12.7. The molecule has 0 saturated heterocycles. The number of carbonyl (C=O) groups excluding carboxylic acids is 1. The molecule has 0 bridgehead atoms. The largest absolute Gasteiger partial charge is 0.466 e. The number of rotatable bonds is 4. The minimum Gasteiger partial charge on any atom is -0.466 e. The van der Waals surface area contributed by atoms with E-state index in [4.69, 9.17) is 0 Å². The average molecular weight is 310 g/mol. The van der Waals surface area contributed by atoms with Gasteiger partial charge in [0, 0.05) is 11.8 Å². The molecule has 0 radical (unpaired) electrons. The zero-order valence-electron chi connectivity index (χ0n) is 8.93. The van der Waals surface area contributed by atoms with Crippen molar-refractivity contribution in [3.8, 4) is 0 Å². The first-order valence-electron chi connectivity index (χ1n) is 4.81. The monoisotopic (exact) mass is 309 g/mol. The van der Waals surface area contributed by atoms with E-state index in [1.54, 1.807) is 6.92 Å². The van der Waals surface area contributed by atoms with Gasteiger partial charge in [0.25, 0.3) is 12.0 Å². The lowest BCUT2D eigenvalue weighted by Crippen LogP contribution is -2.16. The van der Waals surface area contributed by atoms with Crippen molar-refractivity contribution < 1.29 is 18.3 Å². The summed E-state index contributed by atoms with van der Waals surface area (Å²) >= 11 is 2.89. The molecule has 1 N–H and O–H groups in total. The number of aromatic amines is 1. The number of aromatic nitrogens is 1. The maximum Gasteiger partial charge on any atom is 0.310 e. The van der Waals surface area contributed by atoms with Crippen LogP contribution in [0, 0.1) is 0 Å². The number of esters is 1. The van der Waals surface area contributed by atoms with E-state index in [0.717, 1.165) is 6.20 Å². The molecule has 17 heavy (non-hydrogen) atoms. The number of ether oxygens (including phenoxy) is 1. The fraction of sp³-hybridized carbons (Fsp3) is 0.400. The summed E-state index contributed by atoms with van der Waals surface area (Å²) in [4.78, 5) is 24.7. The van der Waals surface area contributed by atoms with Crippen molar-refractivity contribution in [2.24, 2.45) is 0 Å². The third-order valence-electron chi connectivity index (χ3n) is 2.03. The zero-order chi connectivity index (χ0) is 13.0. The normalized spacial score (nSPS) is 10.6. The second-order valence-electron chi connectivity index (χ2n) is 3.15. The molecule has 0 aliphatic rings. The highest BCUT2D eigenvalue weighted by atomic mass is 79.9. The summed E-state index contributed by atoms with van der Waals surface area (Å²) in [6, 6.07) is 0. The van der Waals surface area contributed by atoms with Crippen LogP contribution in [0.5, 0.6) is 0 Å². The number of hydrogen-bond donors (Lipinski definition) is 1. The van der Waals surface area contributed by atoms with Crippen molar-refractivity contribution in [2.45, 2.75) is 19.8 Å². The summed E-state index contributed by atoms with van der Waals surface area (Å²) in [5.41, 5.74) is -0.986. The van der Waals surface area contributed by atoms with Crippen molar-refractivity contribution in [1.29, 1.82) is 0 Å². The second-order valence-corrected chi connectivity index (χ2v) is 3.94. The van der Waals surface area contributed by atoms with E-state index >= 15 is 0 Å². The van der Waals surface area contributed by atoms with Crippen molar-refractivity contribution >= 4 is 21.9 Å². The lowest BCUT2D eigenvalue weighted by atomic mass is 10.1. The summed E-state index contributed by atoms with van der Waals surface area (Å²) in [7, 11) is 0. The van der Waals surface area contributed by atoms with Gasteiger partial charge in [0.15, 0.2) is 0 Å². The molecule has 94 valence electrons. The van der Waals surface area contributed by atoms with Crippen LogP contribution in [-0.2, 0) is 16.0 Å². The number of pyridine rings is 1. The molecule has 1 aromatic heterocycles. The fourth-order valence-corrected chi connectivity index (χ4v) is 1.77. The minimum absolute atomic E-state index is 0.0396. The molecule has 1 aromatic rings. The predicted molar refractivity (Wildman–Crippen MR) is 60.1 cm³/mol. The Bertz CT molecular complexity index is 473. The molecule has 0 spiro atoms. The minimum atomic E-state index is -2.77. The highest BCUT2D eigenvalue weighted by Crippen LogP contribution is 2.26. The highest BCUT2D eigenvalue weighted by molar-refractivity contribution is 9.10. The number of carbonyl (C=O) groups is 1. The Hall–Kier alpha value is -1.24. The highest BCUT2D eigenvalue weighted by Gasteiger charge is 2.20. The lowest BCUT2D eigenvalue weighted by molar-refractivity contribution is -0.142. The Morgan fingerprint density at radius 3 is 2.76 bits per heavy atom. The molecule has 1 heterocycles. The van der Waals surface area contributed by atoms with Crippen LogP contribution < -0.4 is 5.56 Å². The first kappa shape index (κ1) is 13.8. The molecule has 0 atom stereocenters. The zero-order valence-corrected chi connectivity index (χ0v) is 10.5. The number of hydrogen-bond acceptors (Lipinski definition) is 3. The van der Waals surface area contributed by atoms with Gasteiger partial charge in [-0.2, -0.15) is 0 Å². The van der Waals surface area contributed by atoms with Crippen LogP contribution in [-0.4, -0.2) is 17.6 Å². The second kappa shape index (κ2) is 5.90. The van der Waals surface area contributed by atoms with Gasteiger partial charge in [-0.15, -0.1) is 0 Å². The van der Waals surface area contributed by atoms with Gasteiger partial charge in [-0.25, -0.2) is 8.78 Å². The van der Waals surface area contributed by atoms with Gasteiger partial charge in [0.1, 0.15) is 0 Å². The lowest BCUT2D eigenvalue weighted by Gasteiger charge is -2.09. The van der Waals surface area contributed by atoms with Crippen LogP contribution in [0.3, 0.4) is 0 Å². The summed E-state index contributed by atoms with van der Waals surface area (Å²) in [5.74, 6) is -0.652. The SMILES string of the molecule is CCOC(=O)Cc1c(C(F)F)c[nH]c(=O)c1Br. The van der Waals surface area contributed by atoms with Crippen molar-refractivity contribution in [1.82, 2.24) is 4.98 Å². The smallest absolute Gasteiger partial charge is 0.310 e. The average Bonchev–Trinajstić information content (AvgIpc) is 2.25. The Kier molecular flexibility index (Phi) is 4.80. The van der Waals surface area contributed by atoms with E-state index in [-0.39, 0.29) is 28.6 Å². The third-order valence-corrected chi connectivity index (χ3v) is 2.87. The molecule has 0 aromatic carbocycles. The van der Waals surface area contributed by atoms with Gasteiger partial charge in [0.2, 0.25) is 0 Å². The van der Waals surface area contributed by atoms with Crippen LogP contribution in [0.2, 0.25) is 0 Å². The number of alkyl halides is 2. The molecule has 0 saturated carbocycles. The van der Waals surface area contributed by atoms with E-state index in [1.165, 1.54) is 0 Å².